The third-order valence-corrected chi connectivity index (χ3v) is 2.72. The largest absolute Gasteiger partial charge is 0.478 e. The van der Waals surface area contributed by atoms with Crippen LogP contribution in [-0.2, 0) is 13.0 Å². The van der Waals surface area contributed by atoms with Gasteiger partial charge in [-0.25, -0.2) is 4.79 Å². The second-order valence-corrected chi connectivity index (χ2v) is 4.03. The Hall–Kier alpha value is -2.03. The van der Waals surface area contributed by atoms with Crippen LogP contribution in [-0.4, -0.2) is 15.6 Å². The van der Waals surface area contributed by atoms with Crippen molar-refractivity contribution in [1.29, 1.82) is 0 Å². The Bertz CT molecular complexity index is 488. The molecule has 1 aromatic heterocycles. The molecule has 3 nitrogen and oxygen atoms in total. The number of carboxylic acids is 1. The van der Waals surface area contributed by atoms with E-state index in [0.717, 1.165) is 19.4 Å². The molecule has 17 heavy (non-hydrogen) atoms. The molecule has 1 aromatic carbocycles. The van der Waals surface area contributed by atoms with Gasteiger partial charge in [-0.15, -0.1) is 0 Å². The molecule has 1 N–H and O–H groups in total. The van der Waals surface area contributed by atoms with E-state index in [4.69, 9.17) is 5.11 Å². The monoisotopic (exact) mass is 229 g/mol. The van der Waals surface area contributed by atoms with Crippen molar-refractivity contribution in [2.75, 3.05) is 0 Å². The van der Waals surface area contributed by atoms with Crippen molar-refractivity contribution in [1.82, 2.24) is 4.57 Å². The Kier molecular flexibility index (Phi) is 3.60. The standard InChI is InChI=1S/C14H15NO2/c16-14(17)13-8-10-15(11-13)9-4-7-12-5-2-1-3-6-12/h1-3,5-6,8,10-11H,4,7,9H2,(H,16,17). The van der Waals surface area contributed by atoms with Crippen LogP contribution < -0.4 is 0 Å². The minimum absolute atomic E-state index is 0.352. The number of rotatable bonds is 5. The van der Waals surface area contributed by atoms with E-state index in [1.807, 2.05) is 29.0 Å². The topological polar surface area (TPSA) is 42.2 Å². The van der Waals surface area contributed by atoms with Gasteiger partial charge in [0.1, 0.15) is 0 Å². The van der Waals surface area contributed by atoms with Crippen molar-refractivity contribution < 1.29 is 9.90 Å². The number of aromatic carboxylic acids is 1. The Balaban J connectivity index is 1.84. The molecule has 0 bridgehead atoms. The van der Waals surface area contributed by atoms with E-state index in [0.29, 0.717) is 5.56 Å². The van der Waals surface area contributed by atoms with Crippen molar-refractivity contribution in [3.05, 3.63) is 59.9 Å². The number of carboxylic acid groups (broad SMARTS) is 1. The summed E-state index contributed by atoms with van der Waals surface area (Å²) < 4.78 is 1.92. The molecule has 0 aliphatic rings. The minimum atomic E-state index is -0.869. The zero-order chi connectivity index (χ0) is 12.1. The molecule has 0 spiro atoms. The quantitative estimate of drug-likeness (QED) is 0.856. The van der Waals surface area contributed by atoms with E-state index in [-0.39, 0.29) is 0 Å². The average molecular weight is 229 g/mol. The molecule has 0 aliphatic carbocycles. The summed E-state index contributed by atoms with van der Waals surface area (Å²) in [5.41, 5.74) is 1.67. The molecule has 0 saturated heterocycles. The summed E-state index contributed by atoms with van der Waals surface area (Å²) in [5, 5.41) is 8.79. The van der Waals surface area contributed by atoms with Crippen LogP contribution in [0.3, 0.4) is 0 Å². The second-order valence-electron chi connectivity index (χ2n) is 4.03. The maximum Gasteiger partial charge on any atom is 0.337 e. The van der Waals surface area contributed by atoms with Crippen LogP contribution in [0, 0.1) is 0 Å². The van der Waals surface area contributed by atoms with Crippen LogP contribution >= 0.6 is 0 Å². The van der Waals surface area contributed by atoms with E-state index in [9.17, 15) is 4.79 Å². The van der Waals surface area contributed by atoms with Gasteiger partial charge in [-0.2, -0.15) is 0 Å². The zero-order valence-corrected chi connectivity index (χ0v) is 9.54. The summed E-state index contributed by atoms with van der Waals surface area (Å²) >= 11 is 0. The van der Waals surface area contributed by atoms with Gasteiger partial charge in [-0.3, -0.25) is 0 Å². The molecule has 3 heteroatoms. The Labute approximate surface area is 100 Å². The molecular weight excluding hydrogens is 214 g/mol. The van der Waals surface area contributed by atoms with Crippen LogP contribution in [0.25, 0.3) is 0 Å². The molecule has 88 valence electrons. The van der Waals surface area contributed by atoms with Gasteiger partial charge in [0.25, 0.3) is 0 Å². The predicted molar refractivity (Wildman–Crippen MR) is 66.2 cm³/mol. The summed E-state index contributed by atoms with van der Waals surface area (Å²) in [4.78, 5) is 10.7. The van der Waals surface area contributed by atoms with Crippen LogP contribution in [0.4, 0.5) is 0 Å². The lowest BCUT2D eigenvalue weighted by Gasteiger charge is -2.03. The van der Waals surface area contributed by atoms with Gasteiger partial charge >= 0.3 is 5.97 Å². The van der Waals surface area contributed by atoms with Gasteiger partial charge in [0.05, 0.1) is 5.56 Å². The normalized spacial score (nSPS) is 10.4. The van der Waals surface area contributed by atoms with E-state index < -0.39 is 5.97 Å². The summed E-state index contributed by atoms with van der Waals surface area (Å²) in [6.45, 7) is 0.849. The number of benzene rings is 1. The maximum atomic E-state index is 10.7. The van der Waals surface area contributed by atoms with E-state index >= 15 is 0 Å². The first-order valence-corrected chi connectivity index (χ1v) is 5.69. The van der Waals surface area contributed by atoms with Crippen molar-refractivity contribution in [3.63, 3.8) is 0 Å². The van der Waals surface area contributed by atoms with E-state index in [1.54, 1.807) is 12.3 Å². The molecule has 0 amide bonds. The number of hydrogen-bond donors (Lipinski definition) is 1. The van der Waals surface area contributed by atoms with Crippen molar-refractivity contribution in [3.8, 4) is 0 Å². The van der Waals surface area contributed by atoms with Gasteiger partial charge in [-0.1, -0.05) is 30.3 Å². The molecule has 0 fully saturated rings. The summed E-state index contributed by atoms with van der Waals surface area (Å²) in [5.74, 6) is -0.869. The summed E-state index contributed by atoms with van der Waals surface area (Å²) in [6, 6.07) is 11.9. The molecule has 2 rings (SSSR count). The van der Waals surface area contributed by atoms with Crippen LogP contribution in [0.5, 0.6) is 0 Å². The number of carbonyl (C=O) groups is 1. The Morgan fingerprint density at radius 2 is 1.94 bits per heavy atom. The highest BCUT2D eigenvalue weighted by Crippen LogP contribution is 2.06. The molecule has 0 atom stereocenters. The molecular formula is C14H15NO2. The molecule has 2 aromatic rings. The SMILES string of the molecule is O=C(O)c1ccn(CCCc2ccccc2)c1. The Morgan fingerprint density at radius 3 is 2.59 bits per heavy atom. The molecule has 1 heterocycles. The first kappa shape index (κ1) is 11.5. The Morgan fingerprint density at radius 1 is 1.18 bits per heavy atom. The van der Waals surface area contributed by atoms with Crippen molar-refractivity contribution in [2.45, 2.75) is 19.4 Å². The van der Waals surface area contributed by atoms with Crippen molar-refractivity contribution in [2.24, 2.45) is 0 Å². The fourth-order valence-corrected chi connectivity index (χ4v) is 1.82. The number of nitrogens with zero attached hydrogens (tertiary/aromatic N) is 1. The lowest BCUT2D eigenvalue weighted by molar-refractivity contribution is 0.0697. The van der Waals surface area contributed by atoms with Crippen LogP contribution in [0.1, 0.15) is 22.3 Å². The zero-order valence-electron chi connectivity index (χ0n) is 9.54. The van der Waals surface area contributed by atoms with Gasteiger partial charge in [0, 0.05) is 18.9 Å². The first-order chi connectivity index (χ1) is 8.25. The lowest BCUT2D eigenvalue weighted by atomic mass is 10.1. The molecule has 0 aliphatic heterocycles. The number of aromatic nitrogens is 1. The number of hydrogen-bond acceptors (Lipinski definition) is 1. The molecule has 0 radical (unpaired) electrons. The lowest BCUT2D eigenvalue weighted by Crippen LogP contribution is -1.98. The smallest absolute Gasteiger partial charge is 0.337 e. The highest BCUT2D eigenvalue weighted by atomic mass is 16.4. The third-order valence-electron chi connectivity index (χ3n) is 2.72. The predicted octanol–water partition coefficient (Wildman–Crippen LogP) is 2.82. The average Bonchev–Trinajstić information content (AvgIpc) is 2.79. The van der Waals surface area contributed by atoms with Gasteiger partial charge in [0.15, 0.2) is 0 Å². The molecule has 0 saturated carbocycles. The first-order valence-electron chi connectivity index (χ1n) is 5.69. The number of aryl methyl sites for hydroxylation is 2. The molecule has 0 unspecified atom stereocenters. The highest BCUT2D eigenvalue weighted by Gasteiger charge is 2.03. The van der Waals surface area contributed by atoms with Gasteiger partial charge in [-0.05, 0) is 24.5 Å². The van der Waals surface area contributed by atoms with E-state index in [1.165, 1.54) is 5.56 Å². The van der Waals surface area contributed by atoms with Gasteiger partial charge < -0.3 is 9.67 Å². The third kappa shape index (κ3) is 3.21. The summed E-state index contributed by atoms with van der Waals surface area (Å²) in [7, 11) is 0. The minimum Gasteiger partial charge on any atom is -0.478 e. The van der Waals surface area contributed by atoms with Crippen molar-refractivity contribution >= 4 is 5.97 Å². The highest BCUT2D eigenvalue weighted by molar-refractivity contribution is 5.87. The van der Waals surface area contributed by atoms with E-state index in [2.05, 4.69) is 12.1 Å². The van der Waals surface area contributed by atoms with Gasteiger partial charge in [0.2, 0.25) is 0 Å². The van der Waals surface area contributed by atoms with Crippen LogP contribution in [0.2, 0.25) is 0 Å². The van der Waals surface area contributed by atoms with Crippen LogP contribution in [0.15, 0.2) is 48.8 Å². The maximum absolute atomic E-state index is 10.7. The fraction of sp³-hybridized carbons (Fsp3) is 0.214. The second kappa shape index (κ2) is 5.34. The fourth-order valence-electron chi connectivity index (χ4n) is 1.82. The summed E-state index contributed by atoms with van der Waals surface area (Å²) in [6.07, 6.45) is 5.51.